The van der Waals surface area contributed by atoms with Crippen molar-refractivity contribution in [2.24, 2.45) is 0 Å². The maximum absolute atomic E-state index is 5.13. The number of nitrogens with zero attached hydrogens (tertiary/aromatic N) is 5. The lowest BCUT2D eigenvalue weighted by atomic mass is 10.0. The third-order valence-electron chi connectivity index (χ3n) is 9.12. The number of pyridine rings is 1. The lowest BCUT2D eigenvalue weighted by molar-refractivity contribution is 0.954. The van der Waals surface area contributed by atoms with E-state index in [1.165, 1.54) is 38.1 Å². The maximum Gasteiger partial charge on any atom is 0.238 e. The molecule has 0 bridgehead atoms. The van der Waals surface area contributed by atoms with Gasteiger partial charge in [0, 0.05) is 38.1 Å². The van der Waals surface area contributed by atoms with Crippen molar-refractivity contribution in [2.75, 3.05) is 0 Å². The molecule has 0 atom stereocenters. The van der Waals surface area contributed by atoms with Gasteiger partial charge < -0.3 is 4.40 Å². The van der Waals surface area contributed by atoms with E-state index in [4.69, 9.17) is 15.0 Å². The van der Waals surface area contributed by atoms with Crippen LogP contribution in [0.3, 0.4) is 0 Å². The van der Waals surface area contributed by atoms with Gasteiger partial charge in [-0.1, -0.05) is 121 Å². The molecule has 10 aromatic rings. The molecule has 0 fully saturated rings. The molecule has 0 aliphatic carbocycles. The Morgan fingerprint density at radius 1 is 0.348 bits per heavy atom. The fourth-order valence-corrected chi connectivity index (χ4v) is 7.07. The van der Waals surface area contributed by atoms with E-state index in [0.29, 0.717) is 17.6 Å². The molecule has 5 heteroatoms. The van der Waals surface area contributed by atoms with Crippen LogP contribution in [0.2, 0.25) is 0 Å². The monoisotopic (exact) mass is 587 g/mol. The summed E-state index contributed by atoms with van der Waals surface area (Å²) < 4.78 is 4.62. The van der Waals surface area contributed by atoms with Crippen molar-refractivity contribution in [1.82, 2.24) is 23.9 Å². The first kappa shape index (κ1) is 25.0. The zero-order valence-electron chi connectivity index (χ0n) is 24.7. The van der Waals surface area contributed by atoms with Gasteiger partial charge >= 0.3 is 0 Å². The van der Waals surface area contributed by atoms with Crippen LogP contribution in [0.5, 0.6) is 0 Å². The minimum absolute atomic E-state index is 0.593. The quantitative estimate of drug-likeness (QED) is 0.193. The molecule has 6 aromatic carbocycles. The van der Waals surface area contributed by atoms with Crippen molar-refractivity contribution < 1.29 is 0 Å². The summed E-state index contributed by atoms with van der Waals surface area (Å²) in [5.74, 6) is 1.87. The van der Waals surface area contributed by atoms with Crippen LogP contribution in [0.1, 0.15) is 0 Å². The summed E-state index contributed by atoms with van der Waals surface area (Å²) in [6.45, 7) is 0. The van der Waals surface area contributed by atoms with Crippen molar-refractivity contribution in [2.45, 2.75) is 0 Å². The number of hydrogen-bond donors (Lipinski definition) is 0. The average Bonchev–Trinajstić information content (AvgIpc) is 3.68. The highest BCUT2D eigenvalue weighted by atomic mass is 15.2. The van der Waals surface area contributed by atoms with Crippen LogP contribution in [-0.2, 0) is 0 Å². The molecule has 0 spiro atoms. The summed E-state index contributed by atoms with van der Waals surface area (Å²) in [5.41, 5.74) is 7.59. The molecule has 0 amide bonds. The predicted octanol–water partition coefficient (Wildman–Crippen LogP) is 10.0. The van der Waals surface area contributed by atoms with Crippen LogP contribution in [0.4, 0.5) is 0 Å². The van der Waals surface area contributed by atoms with Gasteiger partial charge in [0.1, 0.15) is 0 Å². The second-order valence-corrected chi connectivity index (χ2v) is 11.7. The van der Waals surface area contributed by atoms with Crippen LogP contribution in [0.15, 0.2) is 152 Å². The minimum Gasteiger partial charge on any atom is -0.309 e. The molecule has 0 radical (unpaired) electrons. The molecule has 4 heterocycles. The molecule has 5 nitrogen and oxygen atoms in total. The number of rotatable bonds is 3. The Hall–Kier alpha value is -6.33. The third-order valence-corrected chi connectivity index (χ3v) is 9.12. The van der Waals surface area contributed by atoms with E-state index in [0.717, 1.165) is 32.9 Å². The lowest BCUT2D eigenvalue weighted by Crippen LogP contribution is -2.06. The molecule has 0 N–H and O–H groups in total. The Kier molecular flexibility index (Phi) is 5.22. The highest BCUT2D eigenvalue weighted by Crippen LogP contribution is 2.39. The highest BCUT2D eigenvalue weighted by Gasteiger charge is 2.20. The van der Waals surface area contributed by atoms with Gasteiger partial charge in [-0.25, -0.2) is 4.98 Å². The van der Waals surface area contributed by atoms with Gasteiger partial charge in [0.2, 0.25) is 5.95 Å². The van der Waals surface area contributed by atoms with E-state index in [-0.39, 0.29) is 0 Å². The number of benzene rings is 6. The highest BCUT2D eigenvalue weighted by molar-refractivity contribution is 6.21. The molecular weight excluding hydrogens is 562 g/mol. The van der Waals surface area contributed by atoms with Crippen molar-refractivity contribution in [3.63, 3.8) is 0 Å². The van der Waals surface area contributed by atoms with E-state index in [9.17, 15) is 0 Å². The Balaban J connectivity index is 1.37. The molecule has 10 rings (SSSR count). The maximum atomic E-state index is 5.13. The topological polar surface area (TPSA) is 48.0 Å². The van der Waals surface area contributed by atoms with Crippen molar-refractivity contribution >= 4 is 59.9 Å². The summed E-state index contributed by atoms with van der Waals surface area (Å²) in [4.78, 5) is 15.2. The van der Waals surface area contributed by atoms with Crippen LogP contribution in [0, 0.1) is 0 Å². The first-order valence-corrected chi connectivity index (χ1v) is 15.5. The van der Waals surface area contributed by atoms with Crippen LogP contribution >= 0.6 is 0 Å². The van der Waals surface area contributed by atoms with Gasteiger partial charge in [0.25, 0.3) is 0 Å². The van der Waals surface area contributed by atoms with Gasteiger partial charge in [-0.05, 0) is 35.7 Å². The van der Waals surface area contributed by atoms with Crippen LogP contribution in [-0.4, -0.2) is 23.9 Å². The van der Waals surface area contributed by atoms with E-state index < -0.39 is 0 Å². The number of aromatic nitrogens is 5. The van der Waals surface area contributed by atoms with Crippen molar-refractivity contribution in [3.05, 3.63) is 152 Å². The third kappa shape index (κ3) is 3.60. The summed E-state index contributed by atoms with van der Waals surface area (Å²) in [5, 5.41) is 7.17. The zero-order chi connectivity index (χ0) is 30.2. The molecule has 0 unspecified atom stereocenters. The molecule has 0 saturated carbocycles. The normalized spacial score (nSPS) is 11.9. The molecular formula is C41H25N5. The van der Waals surface area contributed by atoms with Gasteiger partial charge in [-0.3, -0.25) is 4.57 Å². The summed E-state index contributed by atoms with van der Waals surface area (Å²) in [7, 11) is 0. The van der Waals surface area contributed by atoms with Crippen molar-refractivity contribution in [1.29, 1.82) is 0 Å². The lowest BCUT2D eigenvalue weighted by Gasteiger charge is -2.13. The molecule has 214 valence electrons. The van der Waals surface area contributed by atoms with E-state index >= 15 is 0 Å². The van der Waals surface area contributed by atoms with Gasteiger partial charge in [-0.15, -0.1) is 0 Å². The number of fused-ring (bicyclic) bond motifs is 11. The predicted molar refractivity (Wildman–Crippen MR) is 189 cm³/mol. The Morgan fingerprint density at radius 3 is 1.54 bits per heavy atom. The fraction of sp³-hybridized carbons (Fsp3) is 0. The summed E-state index contributed by atoms with van der Waals surface area (Å²) in [6, 6.07) is 53.2. The largest absolute Gasteiger partial charge is 0.309 e. The second kappa shape index (κ2) is 9.58. The van der Waals surface area contributed by atoms with E-state index in [1.54, 1.807) is 0 Å². The first-order valence-electron chi connectivity index (χ1n) is 15.5. The standard InChI is InChI=1S/C41H25N5/c1-3-13-26(14-4-1)39-42-40(27-15-5-2-6-16-27)44-41(43-39)46-35-22-12-10-20-31(35)33-25-37-32(24-38(33)46)29-18-8-9-19-30(29)36-23-28-17-7-11-21-34(28)45(36)37/h1-25H. The average molecular weight is 588 g/mol. The van der Waals surface area contributed by atoms with E-state index in [1.807, 2.05) is 60.7 Å². The zero-order valence-corrected chi connectivity index (χ0v) is 24.7. The number of para-hydroxylation sites is 2. The van der Waals surface area contributed by atoms with Crippen molar-refractivity contribution in [3.8, 4) is 28.7 Å². The smallest absolute Gasteiger partial charge is 0.238 e. The summed E-state index contributed by atoms with van der Waals surface area (Å²) in [6.07, 6.45) is 0. The molecule has 0 saturated heterocycles. The second-order valence-electron chi connectivity index (χ2n) is 11.7. The fourth-order valence-electron chi connectivity index (χ4n) is 7.07. The van der Waals surface area contributed by atoms with Crippen LogP contribution < -0.4 is 0 Å². The SMILES string of the molecule is c1ccc(-c2nc(-c3ccccc3)nc(-n3c4ccccc4c4cc5c(cc43)c3ccccc3c3cc4ccccc4n35)n2)cc1. The molecule has 0 aliphatic heterocycles. The molecule has 4 aromatic heterocycles. The number of hydrogen-bond acceptors (Lipinski definition) is 3. The van der Waals surface area contributed by atoms with Gasteiger partial charge in [0.15, 0.2) is 11.6 Å². The Bertz CT molecular complexity index is 2740. The molecule has 0 aliphatic rings. The molecule has 46 heavy (non-hydrogen) atoms. The Labute approximate surface area is 263 Å². The van der Waals surface area contributed by atoms with Gasteiger partial charge in [-0.2, -0.15) is 9.97 Å². The minimum atomic E-state index is 0.593. The Morgan fingerprint density at radius 2 is 0.848 bits per heavy atom. The van der Waals surface area contributed by atoms with E-state index in [2.05, 4.69) is 100.0 Å². The van der Waals surface area contributed by atoms with Gasteiger partial charge in [0.05, 0.1) is 27.6 Å². The van der Waals surface area contributed by atoms with Crippen LogP contribution in [0.25, 0.3) is 88.6 Å². The summed E-state index contributed by atoms with van der Waals surface area (Å²) >= 11 is 0. The first-order chi connectivity index (χ1) is 22.8.